The monoisotopic (exact) mass is 216 g/mol. The first kappa shape index (κ1) is 12.4. The van der Waals surface area contributed by atoms with Gasteiger partial charge in [-0.05, 0) is 13.8 Å². The highest BCUT2D eigenvalue weighted by Crippen LogP contribution is 1.97. The molecule has 0 radical (unpaired) electrons. The number of morpholine rings is 1. The smallest absolute Gasteiger partial charge is 0.250 e. The summed E-state index contributed by atoms with van der Waals surface area (Å²) in [5.41, 5.74) is 0. The number of hydrogen-bond acceptors (Lipinski definition) is 4. The average molecular weight is 216 g/mol. The Morgan fingerprint density at radius 3 is 3.13 bits per heavy atom. The summed E-state index contributed by atoms with van der Waals surface area (Å²) in [5.74, 6) is -0.0607. The van der Waals surface area contributed by atoms with Crippen LogP contribution in [-0.2, 0) is 14.3 Å². The van der Waals surface area contributed by atoms with E-state index in [0.29, 0.717) is 26.4 Å². The van der Waals surface area contributed by atoms with Crippen molar-refractivity contribution in [1.82, 2.24) is 10.6 Å². The molecule has 88 valence electrons. The summed E-state index contributed by atoms with van der Waals surface area (Å²) in [7, 11) is 0. The fourth-order valence-electron chi connectivity index (χ4n) is 1.41. The lowest BCUT2D eigenvalue weighted by atomic mass is 10.2. The van der Waals surface area contributed by atoms with Crippen LogP contribution in [0.4, 0.5) is 0 Å². The maximum absolute atomic E-state index is 11.6. The maximum Gasteiger partial charge on any atom is 0.250 e. The summed E-state index contributed by atoms with van der Waals surface area (Å²) in [5, 5.41) is 5.97. The molecule has 0 saturated carbocycles. The fraction of sp³-hybridized carbons (Fsp3) is 0.900. The van der Waals surface area contributed by atoms with Crippen LogP contribution in [0.2, 0.25) is 0 Å². The van der Waals surface area contributed by atoms with E-state index in [0.717, 1.165) is 6.54 Å². The Morgan fingerprint density at radius 1 is 1.73 bits per heavy atom. The molecule has 1 fully saturated rings. The van der Waals surface area contributed by atoms with Gasteiger partial charge in [0.1, 0.15) is 6.10 Å². The quantitative estimate of drug-likeness (QED) is 0.651. The van der Waals surface area contributed by atoms with Crippen LogP contribution in [0.3, 0.4) is 0 Å². The number of rotatable bonds is 5. The minimum Gasteiger partial charge on any atom is -0.380 e. The lowest BCUT2D eigenvalue weighted by Gasteiger charge is -2.24. The van der Waals surface area contributed by atoms with E-state index >= 15 is 0 Å². The van der Waals surface area contributed by atoms with Crippen LogP contribution in [0, 0.1) is 0 Å². The van der Waals surface area contributed by atoms with E-state index in [1.165, 1.54) is 0 Å². The van der Waals surface area contributed by atoms with E-state index in [-0.39, 0.29) is 18.1 Å². The molecule has 0 bridgehead atoms. The van der Waals surface area contributed by atoms with E-state index in [9.17, 15) is 4.79 Å². The first-order valence-corrected chi connectivity index (χ1v) is 5.44. The molecule has 15 heavy (non-hydrogen) atoms. The Labute approximate surface area is 90.5 Å². The molecular weight excluding hydrogens is 196 g/mol. The standard InChI is InChI=1S/C10H20N2O3/c1-3-14-7-8(2)12-10(13)9-6-11-4-5-15-9/h8-9,11H,3-7H2,1-2H3,(H,12,13). The molecule has 2 unspecified atom stereocenters. The number of ether oxygens (including phenoxy) is 2. The zero-order chi connectivity index (χ0) is 11.1. The van der Waals surface area contributed by atoms with Gasteiger partial charge >= 0.3 is 0 Å². The molecule has 2 N–H and O–H groups in total. The van der Waals surface area contributed by atoms with Crippen LogP contribution in [0.1, 0.15) is 13.8 Å². The van der Waals surface area contributed by atoms with Crippen LogP contribution in [0.5, 0.6) is 0 Å². The Bertz CT molecular complexity index is 193. The Balaban J connectivity index is 2.21. The van der Waals surface area contributed by atoms with Crippen LogP contribution in [0.25, 0.3) is 0 Å². The van der Waals surface area contributed by atoms with Gasteiger partial charge in [-0.3, -0.25) is 4.79 Å². The predicted octanol–water partition coefficient (Wildman–Crippen LogP) is -0.484. The molecule has 0 aromatic heterocycles. The number of carbonyl (C=O) groups is 1. The normalized spacial score (nSPS) is 23.5. The molecule has 0 aromatic carbocycles. The molecule has 5 nitrogen and oxygen atoms in total. The molecule has 0 aliphatic carbocycles. The van der Waals surface area contributed by atoms with E-state index < -0.39 is 0 Å². The highest BCUT2D eigenvalue weighted by Gasteiger charge is 2.22. The van der Waals surface area contributed by atoms with E-state index in [4.69, 9.17) is 9.47 Å². The van der Waals surface area contributed by atoms with Crippen molar-refractivity contribution in [3.05, 3.63) is 0 Å². The summed E-state index contributed by atoms with van der Waals surface area (Å²) in [4.78, 5) is 11.6. The van der Waals surface area contributed by atoms with Gasteiger partial charge in [0.05, 0.1) is 13.2 Å². The summed E-state index contributed by atoms with van der Waals surface area (Å²) < 4.78 is 10.5. The number of hydrogen-bond donors (Lipinski definition) is 2. The topological polar surface area (TPSA) is 59.6 Å². The molecule has 0 spiro atoms. The van der Waals surface area contributed by atoms with Crippen molar-refractivity contribution >= 4 is 5.91 Å². The lowest BCUT2D eigenvalue weighted by molar-refractivity contribution is -0.135. The minimum absolute atomic E-state index is 0.0305. The second-order valence-corrected chi connectivity index (χ2v) is 3.63. The van der Waals surface area contributed by atoms with Gasteiger partial charge in [0, 0.05) is 25.7 Å². The molecule has 1 aliphatic rings. The third-order valence-electron chi connectivity index (χ3n) is 2.18. The Kier molecular flexibility index (Phi) is 5.60. The van der Waals surface area contributed by atoms with Crippen molar-refractivity contribution in [1.29, 1.82) is 0 Å². The summed E-state index contributed by atoms with van der Waals surface area (Å²) in [6.07, 6.45) is -0.358. The Morgan fingerprint density at radius 2 is 2.53 bits per heavy atom. The van der Waals surface area contributed by atoms with Crippen molar-refractivity contribution in [2.45, 2.75) is 26.0 Å². The number of amides is 1. The van der Waals surface area contributed by atoms with E-state index in [1.54, 1.807) is 0 Å². The molecule has 1 rings (SSSR count). The molecule has 1 aliphatic heterocycles. The van der Waals surface area contributed by atoms with E-state index in [1.807, 2.05) is 13.8 Å². The van der Waals surface area contributed by atoms with Crippen molar-refractivity contribution in [3.8, 4) is 0 Å². The van der Waals surface area contributed by atoms with Gasteiger partial charge < -0.3 is 20.1 Å². The second-order valence-electron chi connectivity index (χ2n) is 3.63. The van der Waals surface area contributed by atoms with Crippen LogP contribution in [-0.4, -0.2) is 51.0 Å². The third-order valence-corrected chi connectivity index (χ3v) is 2.18. The first-order chi connectivity index (χ1) is 7.24. The molecule has 5 heteroatoms. The maximum atomic E-state index is 11.6. The summed E-state index contributed by atoms with van der Waals surface area (Å²) in [6, 6.07) is 0.0305. The van der Waals surface area contributed by atoms with Crippen molar-refractivity contribution in [2.24, 2.45) is 0 Å². The van der Waals surface area contributed by atoms with Crippen molar-refractivity contribution in [3.63, 3.8) is 0 Å². The highest BCUT2D eigenvalue weighted by atomic mass is 16.5. The molecule has 1 saturated heterocycles. The fourth-order valence-corrected chi connectivity index (χ4v) is 1.41. The van der Waals surface area contributed by atoms with Gasteiger partial charge in [-0.25, -0.2) is 0 Å². The van der Waals surface area contributed by atoms with Gasteiger partial charge in [-0.15, -0.1) is 0 Å². The predicted molar refractivity (Wildman–Crippen MR) is 56.7 cm³/mol. The third kappa shape index (κ3) is 4.59. The van der Waals surface area contributed by atoms with E-state index in [2.05, 4.69) is 10.6 Å². The SMILES string of the molecule is CCOCC(C)NC(=O)C1CNCCO1. The number of nitrogens with one attached hydrogen (secondary N) is 2. The second kappa shape index (κ2) is 6.76. The van der Waals surface area contributed by atoms with Gasteiger partial charge in [0.25, 0.3) is 5.91 Å². The zero-order valence-electron chi connectivity index (χ0n) is 9.41. The van der Waals surface area contributed by atoms with Crippen molar-refractivity contribution in [2.75, 3.05) is 32.9 Å². The van der Waals surface area contributed by atoms with Gasteiger partial charge in [-0.1, -0.05) is 0 Å². The zero-order valence-corrected chi connectivity index (χ0v) is 9.41. The molecular formula is C10H20N2O3. The van der Waals surface area contributed by atoms with Crippen LogP contribution < -0.4 is 10.6 Å². The van der Waals surface area contributed by atoms with Gasteiger partial charge in [0.15, 0.2) is 0 Å². The average Bonchev–Trinajstić information content (AvgIpc) is 2.27. The number of carbonyl (C=O) groups excluding carboxylic acids is 1. The molecule has 1 heterocycles. The van der Waals surface area contributed by atoms with Crippen LogP contribution in [0.15, 0.2) is 0 Å². The van der Waals surface area contributed by atoms with Crippen molar-refractivity contribution < 1.29 is 14.3 Å². The highest BCUT2D eigenvalue weighted by molar-refractivity contribution is 5.81. The molecule has 1 amide bonds. The lowest BCUT2D eigenvalue weighted by Crippen LogP contribution is -2.50. The first-order valence-electron chi connectivity index (χ1n) is 5.44. The molecule has 2 atom stereocenters. The largest absolute Gasteiger partial charge is 0.380 e. The van der Waals surface area contributed by atoms with Gasteiger partial charge in [-0.2, -0.15) is 0 Å². The Hall–Kier alpha value is -0.650. The van der Waals surface area contributed by atoms with Gasteiger partial charge in [0.2, 0.25) is 0 Å². The summed E-state index contributed by atoms with van der Waals surface area (Å²) in [6.45, 7) is 7.07. The van der Waals surface area contributed by atoms with Crippen LogP contribution >= 0.6 is 0 Å². The summed E-state index contributed by atoms with van der Waals surface area (Å²) >= 11 is 0. The minimum atomic E-state index is -0.358. The molecule has 0 aromatic rings.